The molecule has 0 N–H and O–H groups in total. The number of ether oxygens (including phenoxy) is 5. The van der Waals surface area contributed by atoms with Crippen molar-refractivity contribution >= 4 is 59.0 Å². The maximum absolute atomic E-state index is 14.0. The van der Waals surface area contributed by atoms with Gasteiger partial charge in [-0.25, -0.2) is 8.78 Å². The SMILES string of the molecule is CC(=O)OC[C@H]1S[C@@H](Sc2ccc([C@@H]3[C@@H](CC[C@H](OCc4ccccc4)c4ccc(F)cc4)C(=O)N3c3ccc(F)cc3)cc2)[C@H](OC(C)=O)[C@@H](OC(C)=O)[C@H]1OC(C)=O. The molecule has 11 nitrogen and oxygen atoms in total. The fourth-order valence-corrected chi connectivity index (χ4v) is 10.5. The number of amides is 1. The fourth-order valence-electron chi connectivity index (χ4n) is 7.39. The molecule has 60 heavy (non-hydrogen) atoms. The van der Waals surface area contributed by atoms with Crippen LogP contribution in [0.4, 0.5) is 14.5 Å². The summed E-state index contributed by atoms with van der Waals surface area (Å²) >= 11 is 2.57. The highest BCUT2D eigenvalue weighted by Crippen LogP contribution is 2.49. The number of nitrogens with zero attached hydrogens (tertiary/aromatic N) is 1. The van der Waals surface area contributed by atoms with Crippen LogP contribution >= 0.6 is 23.5 Å². The standard InChI is InChI=1S/C45H45F2NO10S2/c1-26(49)54-25-39-41(56-27(2)50)42(57-28(3)51)43(58-29(4)52)45(60-39)59-36-20-12-32(13-21-36)40-37(44(53)48(40)35-18-16-34(47)17-19-35)22-23-38(31-10-14-33(46)15-11-31)55-24-30-8-6-5-7-9-30/h5-21,37-43,45H,22-25H2,1-4H3/t37-,38+,39-,40-,41+,42+,43-,45-/m1/s1. The topological polar surface area (TPSA) is 135 Å². The van der Waals surface area contributed by atoms with E-state index in [1.54, 1.807) is 29.2 Å². The van der Waals surface area contributed by atoms with Gasteiger partial charge in [0.25, 0.3) is 0 Å². The summed E-state index contributed by atoms with van der Waals surface area (Å²) in [6.07, 6.45) is -2.93. The molecule has 0 bridgehead atoms. The summed E-state index contributed by atoms with van der Waals surface area (Å²) in [6.45, 7) is 5.00. The molecule has 0 saturated carbocycles. The minimum absolute atomic E-state index is 0.133. The Balaban J connectivity index is 1.26. The second-order valence-electron chi connectivity index (χ2n) is 14.4. The Morgan fingerprint density at radius 1 is 0.717 bits per heavy atom. The zero-order chi connectivity index (χ0) is 42.9. The number of esters is 4. The van der Waals surface area contributed by atoms with Crippen molar-refractivity contribution in [1.82, 2.24) is 0 Å². The largest absolute Gasteiger partial charge is 0.465 e. The summed E-state index contributed by atoms with van der Waals surface area (Å²) in [5.74, 6) is -3.96. The highest BCUT2D eigenvalue weighted by atomic mass is 32.2. The van der Waals surface area contributed by atoms with E-state index in [2.05, 4.69) is 0 Å². The smallest absolute Gasteiger partial charge is 0.303 e. The van der Waals surface area contributed by atoms with Crippen molar-refractivity contribution in [1.29, 1.82) is 0 Å². The summed E-state index contributed by atoms with van der Waals surface area (Å²) < 4.78 is 56.0. The number of β-lactam (4-membered cyclic amide) rings is 1. The van der Waals surface area contributed by atoms with Gasteiger partial charge in [-0.2, -0.15) is 0 Å². The van der Waals surface area contributed by atoms with Gasteiger partial charge in [-0.3, -0.25) is 24.0 Å². The number of rotatable bonds is 16. The Bertz CT molecular complexity index is 2120. The van der Waals surface area contributed by atoms with Crippen LogP contribution < -0.4 is 4.90 Å². The van der Waals surface area contributed by atoms with E-state index >= 15 is 0 Å². The summed E-state index contributed by atoms with van der Waals surface area (Å²) in [5.41, 5.74) is 3.10. The highest BCUT2D eigenvalue weighted by Gasteiger charge is 2.52. The molecule has 2 aliphatic rings. The predicted octanol–water partition coefficient (Wildman–Crippen LogP) is 8.30. The first kappa shape index (κ1) is 44.3. The van der Waals surface area contributed by atoms with Gasteiger partial charge in [0, 0.05) is 38.3 Å². The molecule has 2 fully saturated rings. The average Bonchev–Trinajstić information content (AvgIpc) is 3.21. The molecule has 6 rings (SSSR count). The molecule has 4 aromatic rings. The first-order chi connectivity index (χ1) is 28.8. The Hall–Kier alpha value is -5.25. The van der Waals surface area contributed by atoms with Crippen molar-refractivity contribution in [2.75, 3.05) is 11.5 Å². The molecule has 316 valence electrons. The summed E-state index contributed by atoms with van der Waals surface area (Å²) in [6, 6.07) is 28.6. The molecular formula is C45H45F2NO10S2. The van der Waals surface area contributed by atoms with Crippen molar-refractivity contribution < 1.29 is 56.4 Å². The molecule has 1 amide bonds. The third kappa shape index (κ3) is 11.3. The number of benzene rings is 4. The maximum Gasteiger partial charge on any atom is 0.303 e. The normalized spacial score (nSPS) is 22.9. The average molecular weight is 862 g/mol. The van der Waals surface area contributed by atoms with Crippen molar-refractivity contribution in [3.63, 3.8) is 0 Å². The predicted molar refractivity (Wildman–Crippen MR) is 220 cm³/mol. The molecule has 15 heteroatoms. The van der Waals surface area contributed by atoms with Crippen LogP contribution in [-0.4, -0.2) is 64.5 Å². The fraction of sp³-hybridized carbons (Fsp3) is 0.356. The zero-order valence-electron chi connectivity index (χ0n) is 33.4. The molecule has 2 aliphatic heterocycles. The lowest BCUT2D eigenvalue weighted by molar-refractivity contribution is -0.183. The van der Waals surface area contributed by atoms with Crippen molar-refractivity contribution in [3.05, 3.63) is 131 Å². The minimum atomic E-state index is -1.21. The summed E-state index contributed by atoms with van der Waals surface area (Å²) in [5, 5.41) is -0.688. The van der Waals surface area contributed by atoms with E-state index in [-0.39, 0.29) is 18.3 Å². The van der Waals surface area contributed by atoms with Gasteiger partial charge in [0.2, 0.25) is 5.91 Å². The lowest BCUT2D eigenvalue weighted by Crippen LogP contribution is -2.57. The number of carbonyl (C=O) groups excluding carboxylic acids is 5. The molecule has 0 aromatic heterocycles. The van der Waals surface area contributed by atoms with E-state index in [1.807, 2.05) is 54.6 Å². The van der Waals surface area contributed by atoms with E-state index < -0.39 is 75.9 Å². The molecule has 0 spiro atoms. The molecule has 0 aliphatic carbocycles. The molecule has 2 heterocycles. The van der Waals surface area contributed by atoms with Gasteiger partial charge in [-0.15, -0.1) is 23.5 Å². The first-order valence-electron chi connectivity index (χ1n) is 19.3. The van der Waals surface area contributed by atoms with Gasteiger partial charge in [0.05, 0.1) is 34.5 Å². The quantitative estimate of drug-likeness (QED) is 0.0610. The van der Waals surface area contributed by atoms with Crippen LogP contribution in [0, 0.1) is 17.6 Å². The lowest BCUT2D eigenvalue weighted by Gasteiger charge is -2.48. The Morgan fingerprint density at radius 2 is 1.30 bits per heavy atom. The molecule has 0 unspecified atom stereocenters. The van der Waals surface area contributed by atoms with Crippen LogP contribution in [0.15, 0.2) is 108 Å². The molecule has 8 atom stereocenters. The van der Waals surface area contributed by atoms with E-state index in [0.29, 0.717) is 25.1 Å². The zero-order valence-corrected chi connectivity index (χ0v) is 35.0. The molecular weight excluding hydrogens is 817 g/mol. The van der Waals surface area contributed by atoms with E-state index in [1.165, 1.54) is 75.5 Å². The molecule has 0 radical (unpaired) electrons. The Kier molecular flexibility index (Phi) is 15.0. The van der Waals surface area contributed by atoms with E-state index in [0.717, 1.165) is 21.6 Å². The van der Waals surface area contributed by atoms with Crippen LogP contribution in [0.5, 0.6) is 0 Å². The second-order valence-corrected chi connectivity index (χ2v) is 17.3. The summed E-state index contributed by atoms with van der Waals surface area (Å²) in [7, 11) is 0. The number of carbonyl (C=O) groups is 5. The lowest BCUT2D eigenvalue weighted by atomic mass is 9.78. The third-order valence-corrected chi connectivity index (χ3v) is 13.0. The first-order valence-corrected chi connectivity index (χ1v) is 21.2. The number of hydrogen-bond donors (Lipinski definition) is 0. The van der Waals surface area contributed by atoms with E-state index in [4.69, 9.17) is 23.7 Å². The number of halogens is 2. The van der Waals surface area contributed by atoms with Gasteiger partial charge in [-0.1, -0.05) is 54.6 Å². The maximum atomic E-state index is 14.0. The van der Waals surface area contributed by atoms with E-state index in [9.17, 15) is 32.8 Å². The third-order valence-electron chi connectivity index (χ3n) is 10.0. The van der Waals surface area contributed by atoms with Gasteiger partial charge in [0.15, 0.2) is 18.3 Å². The van der Waals surface area contributed by atoms with Crippen LogP contribution in [0.3, 0.4) is 0 Å². The van der Waals surface area contributed by atoms with Gasteiger partial charge >= 0.3 is 23.9 Å². The highest BCUT2D eigenvalue weighted by molar-refractivity contribution is 8.17. The van der Waals surface area contributed by atoms with Gasteiger partial charge in [-0.05, 0) is 78.1 Å². The van der Waals surface area contributed by atoms with Gasteiger partial charge in [0.1, 0.15) is 18.2 Å². The minimum Gasteiger partial charge on any atom is -0.465 e. The Labute approximate surface area is 355 Å². The van der Waals surface area contributed by atoms with Crippen LogP contribution in [-0.2, 0) is 54.3 Å². The van der Waals surface area contributed by atoms with Crippen LogP contribution in [0.2, 0.25) is 0 Å². The van der Waals surface area contributed by atoms with Gasteiger partial charge < -0.3 is 28.6 Å². The number of anilines is 1. The van der Waals surface area contributed by atoms with Crippen molar-refractivity contribution in [2.24, 2.45) is 5.92 Å². The van der Waals surface area contributed by atoms with Crippen LogP contribution in [0.1, 0.15) is 69.4 Å². The molecule has 2 saturated heterocycles. The summed E-state index contributed by atoms with van der Waals surface area (Å²) in [4.78, 5) is 65.1. The van der Waals surface area contributed by atoms with Crippen molar-refractivity contribution in [2.45, 2.75) is 92.3 Å². The second kappa shape index (κ2) is 20.3. The number of thioether (sulfide) groups is 2. The Morgan fingerprint density at radius 3 is 1.90 bits per heavy atom. The number of hydrogen-bond acceptors (Lipinski definition) is 12. The molecule has 4 aromatic carbocycles. The van der Waals surface area contributed by atoms with Crippen LogP contribution in [0.25, 0.3) is 0 Å². The van der Waals surface area contributed by atoms with Crippen molar-refractivity contribution in [3.8, 4) is 0 Å². The monoisotopic (exact) mass is 861 g/mol.